The van der Waals surface area contributed by atoms with Gasteiger partial charge in [0.1, 0.15) is 11.6 Å². The molecule has 1 heterocycles. The molecule has 0 aliphatic heterocycles. The van der Waals surface area contributed by atoms with Crippen molar-refractivity contribution in [1.82, 2.24) is 4.90 Å². The summed E-state index contributed by atoms with van der Waals surface area (Å²) in [6.07, 6.45) is 2.22. The Balaban J connectivity index is 1.82. The second-order valence-corrected chi connectivity index (χ2v) is 6.72. The highest BCUT2D eigenvalue weighted by molar-refractivity contribution is 9.10. The van der Waals surface area contributed by atoms with Crippen LogP contribution in [0.15, 0.2) is 33.4 Å². The summed E-state index contributed by atoms with van der Waals surface area (Å²) >= 11 is 4.77. The molecule has 2 aromatic rings. The minimum absolute atomic E-state index is 0.154. The van der Waals surface area contributed by atoms with Gasteiger partial charge in [0, 0.05) is 24.7 Å². The van der Waals surface area contributed by atoms with Crippen LogP contribution >= 0.6 is 27.3 Å². The summed E-state index contributed by atoms with van der Waals surface area (Å²) in [6.45, 7) is 1.07. The molecule has 1 aliphatic carbocycles. The Hall–Kier alpha value is -0.780. The van der Waals surface area contributed by atoms with Crippen LogP contribution in [-0.4, -0.2) is 10.9 Å². The molecule has 5 heteroatoms. The summed E-state index contributed by atoms with van der Waals surface area (Å²) in [7, 11) is 0. The van der Waals surface area contributed by atoms with Crippen LogP contribution in [0.1, 0.15) is 24.0 Å². The molecule has 0 N–H and O–H groups in total. The van der Waals surface area contributed by atoms with Crippen LogP contribution < -0.4 is 0 Å². The fourth-order valence-electron chi connectivity index (χ4n) is 2.29. The van der Waals surface area contributed by atoms with Crippen molar-refractivity contribution >= 4 is 27.3 Å². The Morgan fingerprint density at radius 2 is 2.00 bits per heavy atom. The van der Waals surface area contributed by atoms with Crippen molar-refractivity contribution < 1.29 is 8.78 Å². The number of hydrogen-bond acceptors (Lipinski definition) is 2. The third-order valence-electron chi connectivity index (χ3n) is 3.53. The van der Waals surface area contributed by atoms with Gasteiger partial charge in [0.05, 0.1) is 4.47 Å². The van der Waals surface area contributed by atoms with Crippen molar-refractivity contribution in [3.63, 3.8) is 0 Å². The van der Waals surface area contributed by atoms with Crippen LogP contribution in [-0.2, 0) is 13.1 Å². The molecular formula is C15H14BrF2NS. The predicted octanol–water partition coefficient (Wildman–Crippen LogP) is 4.95. The van der Waals surface area contributed by atoms with Gasteiger partial charge >= 0.3 is 0 Å². The zero-order valence-corrected chi connectivity index (χ0v) is 13.2. The minimum Gasteiger partial charge on any atom is -0.292 e. The lowest BCUT2D eigenvalue weighted by Gasteiger charge is -2.22. The van der Waals surface area contributed by atoms with Gasteiger partial charge in [0.15, 0.2) is 0 Å². The molecule has 1 nitrogen and oxygen atoms in total. The molecule has 0 unspecified atom stereocenters. The summed E-state index contributed by atoms with van der Waals surface area (Å²) in [5.41, 5.74) is 1.36. The standard InChI is InChI=1S/C15H14BrF2NS/c16-13-3-4-14(17)12(15(13)18)8-19(11-1-2-11)7-10-5-6-20-9-10/h3-6,9,11H,1-2,7-8H2. The highest BCUT2D eigenvalue weighted by Gasteiger charge is 2.30. The van der Waals surface area contributed by atoms with Crippen molar-refractivity contribution in [2.75, 3.05) is 0 Å². The predicted molar refractivity (Wildman–Crippen MR) is 80.6 cm³/mol. The van der Waals surface area contributed by atoms with E-state index in [9.17, 15) is 8.78 Å². The van der Waals surface area contributed by atoms with E-state index in [1.54, 1.807) is 11.3 Å². The van der Waals surface area contributed by atoms with E-state index in [4.69, 9.17) is 0 Å². The third-order valence-corrected chi connectivity index (χ3v) is 4.87. The number of thiophene rings is 1. The number of nitrogens with zero attached hydrogens (tertiary/aromatic N) is 1. The highest BCUT2D eigenvalue weighted by atomic mass is 79.9. The fraction of sp³-hybridized carbons (Fsp3) is 0.333. The maximum atomic E-state index is 14.1. The second kappa shape index (κ2) is 5.92. The number of halogens is 3. The van der Waals surface area contributed by atoms with E-state index in [2.05, 4.69) is 32.3 Å². The maximum absolute atomic E-state index is 14.1. The fourth-order valence-corrected chi connectivity index (χ4v) is 3.32. The summed E-state index contributed by atoms with van der Waals surface area (Å²) in [5, 5.41) is 4.11. The Bertz CT molecular complexity index is 596. The van der Waals surface area contributed by atoms with Gasteiger partial charge in [-0.05, 0) is 63.3 Å². The van der Waals surface area contributed by atoms with Gasteiger partial charge in [-0.25, -0.2) is 8.78 Å². The lowest BCUT2D eigenvalue weighted by molar-refractivity contribution is 0.238. The topological polar surface area (TPSA) is 3.24 Å². The molecule has 3 rings (SSSR count). The molecule has 1 aromatic heterocycles. The number of rotatable bonds is 5. The molecule has 1 aliphatic rings. The molecule has 0 atom stereocenters. The smallest absolute Gasteiger partial charge is 0.144 e. The maximum Gasteiger partial charge on any atom is 0.144 e. The molecule has 20 heavy (non-hydrogen) atoms. The van der Waals surface area contributed by atoms with Crippen LogP contribution in [0.2, 0.25) is 0 Å². The Morgan fingerprint density at radius 3 is 2.65 bits per heavy atom. The second-order valence-electron chi connectivity index (χ2n) is 5.09. The van der Waals surface area contributed by atoms with Crippen LogP contribution in [0.3, 0.4) is 0 Å². The quantitative estimate of drug-likeness (QED) is 0.684. The summed E-state index contributed by atoms with van der Waals surface area (Å²) in [6, 6.07) is 5.24. The zero-order valence-electron chi connectivity index (χ0n) is 10.8. The van der Waals surface area contributed by atoms with Gasteiger partial charge in [-0.2, -0.15) is 11.3 Å². The molecule has 1 aromatic carbocycles. The molecule has 106 valence electrons. The first-order valence-corrected chi connectivity index (χ1v) is 8.26. The van der Waals surface area contributed by atoms with E-state index in [1.807, 2.05) is 5.38 Å². The van der Waals surface area contributed by atoms with Gasteiger partial charge in [0.2, 0.25) is 0 Å². The Kier molecular flexibility index (Phi) is 4.19. The van der Waals surface area contributed by atoms with E-state index in [0.717, 1.165) is 19.4 Å². The number of benzene rings is 1. The molecule has 0 bridgehead atoms. The monoisotopic (exact) mass is 357 g/mol. The molecule has 0 radical (unpaired) electrons. The van der Waals surface area contributed by atoms with E-state index in [-0.39, 0.29) is 5.56 Å². The number of hydrogen-bond donors (Lipinski definition) is 0. The molecule has 0 spiro atoms. The average Bonchev–Trinajstić information content (AvgIpc) is 3.16. The zero-order chi connectivity index (χ0) is 14.1. The molecule has 1 saturated carbocycles. The summed E-state index contributed by atoms with van der Waals surface area (Å²) in [4.78, 5) is 2.16. The molecule has 0 amide bonds. The third kappa shape index (κ3) is 3.10. The first kappa shape index (κ1) is 14.2. The molecular weight excluding hydrogens is 344 g/mol. The van der Waals surface area contributed by atoms with Crippen LogP contribution in [0.5, 0.6) is 0 Å². The van der Waals surface area contributed by atoms with E-state index < -0.39 is 11.6 Å². The van der Waals surface area contributed by atoms with Crippen molar-refractivity contribution in [2.24, 2.45) is 0 Å². The Labute approximate surface area is 129 Å². The van der Waals surface area contributed by atoms with Gasteiger partial charge < -0.3 is 0 Å². The van der Waals surface area contributed by atoms with E-state index in [0.29, 0.717) is 17.1 Å². The van der Waals surface area contributed by atoms with Crippen LogP contribution in [0.25, 0.3) is 0 Å². The lowest BCUT2D eigenvalue weighted by atomic mass is 10.1. The van der Waals surface area contributed by atoms with E-state index in [1.165, 1.54) is 17.7 Å². The van der Waals surface area contributed by atoms with Crippen molar-refractivity contribution in [2.45, 2.75) is 32.0 Å². The first-order chi connectivity index (χ1) is 9.65. The van der Waals surface area contributed by atoms with E-state index >= 15 is 0 Å². The van der Waals surface area contributed by atoms with Gasteiger partial charge in [-0.3, -0.25) is 4.90 Å². The van der Waals surface area contributed by atoms with Crippen LogP contribution in [0, 0.1) is 11.6 Å². The largest absolute Gasteiger partial charge is 0.292 e. The summed E-state index contributed by atoms with van der Waals surface area (Å²) < 4.78 is 28.3. The van der Waals surface area contributed by atoms with Gasteiger partial charge in [0.25, 0.3) is 0 Å². The Morgan fingerprint density at radius 1 is 1.20 bits per heavy atom. The molecule has 0 saturated heterocycles. The highest BCUT2D eigenvalue weighted by Crippen LogP contribution is 2.32. The normalized spacial score (nSPS) is 15.0. The van der Waals surface area contributed by atoms with Crippen molar-refractivity contribution in [3.8, 4) is 0 Å². The SMILES string of the molecule is Fc1ccc(Br)c(F)c1CN(Cc1ccsc1)C1CC1. The van der Waals surface area contributed by atoms with Crippen molar-refractivity contribution in [1.29, 1.82) is 0 Å². The molecule has 1 fully saturated rings. The minimum atomic E-state index is -0.485. The first-order valence-electron chi connectivity index (χ1n) is 6.52. The van der Waals surface area contributed by atoms with Crippen molar-refractivity contribution in [3.05, 3.63) is 56.2 Å². The van der Waals surface area contributed by atoms with Gasteiger partial charge in [-0.15, -0.1) is 0 Å². The lowest BCUT2D eigenvalue weighted by Crippen LogP contribution is -2.26. The average molecular weight is 358 g/mol. The summed E-state index contributed by atoms with van der Waals surface area (Å²) in [5.74, 6) is -0.956. The van der Waals surface area contributed by atoms with Gasteiger partial charge in [-0.1, -0.05) is 0 Å². The van der Waals surface area contributed by atoms with Crippen LogP contribution in [0.4, 0.5) is 8.78 Å².